The molecule has 7 atom stereocenters. The van der Waals surface area contributed by atoms with Crippen LogP contribution in [0.1, 0.15) is 32.1 Å². The van der Waals surface area contributed by atoms with E-state index in [1.165, 1.54) is 16.7 Å². The van der Waals surface area contributed by atoms with Gasteiger partial charge < -0.3 is 44.2 Å². The molecule has 54 heavy (non-hydrogen) atoms. The smallest absolute Gasteiger partial charge is 0.326 e. The number of ketones is 1. The minimum atomic E-state index is -6.54. The molecule has 1 aromatic carbocycles. The quantitative estimate of drug-likeness (QED) is 0.168. The van der Waals surface area contributed by atoms with E-state index in [1.54, 1.807) is 13.8 Å². The number of allylic oxidation sites excluding steroid dienone is 4. The number of benzene rings is 1. The van der Waals surface area contributed by atoms with Crippen LogP contribution in [0.15, 0.2) is 56.0 Å². The molecule has 1 saturated heterocycles. The number of rotatable bonds is 12. The summed E-state index contributed by atoms with van der Waals surface area (Å²) in [6, 6.07) is 3.41. The van der Waals surface area contributed by atoms with E-state index in [0.29, 0.717) is 0 Å². The Morgan fingerprint density at radius 1 is 1.06 bits per heavy atom. The average molecular weight is 873 g/mol. The Labute approximate surface area is 311 Å². The van der Waals surface area contributed by atoms with Crippen molar-refractivity contribution in [1.29, 1.82) is 0 Å². The Morgan fingerprint density at radius 2 is 1.70 bits per heavy atom. The number of hydrogen-bond acceptors (Lipinski definition) is 21. The van der Waals surface area contributed by atoms with E-state index in [-0.39, 0.29) is 56.1 Å². The van der Waals surface area contributed by atoms with Crippen LogP contribution in [0.4, 0.5) is 11.6 Å². The fraction of sp³-hybridized carbons (Fsp3) is 0.320. The molecule has 3 aromatic rings. The molecule has 2 aliphatic heterocycles. The summed E-state index contributed by atoms with van der Waals surface area (Å²) in [7, 11) is -25.2. The maximum atomic E-state index is 12.5. The average Bonchev–Trinajstić information content (AvgIpc) is 3.60. The van der Waals surface area contributed by atoms with Gasteiger partial charge in [-0.2, -0.15) is 4.98 Å². The third kappa shape index (κ3) is 8.42. The van der Waals surface area contributed by atoms with Gasteiger partial charge in [0.25, 0.3) is 29.0 Å². The first-order chi connectivity index (χ1) is 24.9. The Morgan fingerprint density at radius 3 is 2.39 bits per heavy atom. The lowest BCUT2D eigenvalue weighted by Gasteiger charge is -2.37. The number of nitrogens with zero attached hydrogens (tertiary/aromatic N) is 4. The third-order valence-electron chi connectivity index (χ3n) is 7.84. The summed E-state index contributed by atoms with van der Waals surface area (Å²) in [4.78, 5) is 88.2. The first kappa shape index (κ1) is 40.7. The minimum absolute atomic E-state index is 0.0420. The first-order valence-electron chi connectivity index (χ1n) is 14.7. The number of nitrogens with one attached hydrogen (secondary N) is 1. The molecule has 0 saturated carbocycles. The zero-order valence-electron chi connectivity index (χ0n) is 26.9. The highest BCUT2D eigenvalue weighted by atomic mass is 35.5. The highest BCUT2D eigenvalue weighted by Crippen LogP contribution is 2.67. The number of aromatic nitrogens is 4. The van der Waals surface area contributed by atoms with Gasteiger partial charge in [0, 0.05) is 17.4 Å². The highest BCUT2D eigenvalue weighted by Gasteiger charge is 2.41. The molecule has 4 N–H and O–H groups in total. The predicted molar refractivity (Wildman–Crippen MR) is 176 cm³/mol. The van der Waals surface area contributed by atoms with E-state index < -0.39 is 78.8 Å². The van der Waals surface area contributed by atoms with E-state index in [9.17, 15) is 52.5 Å². The Hall–Kier alpha value is -2.91. The molecule has 6 unspecified atom stereocenters. The van der Waals surface area contributed by atoms with Crippen molar-refractivity contribution in [1.82, 2.24) is 19.5 Å². The van der Waals surface area contributed by atoms with E-state index >= 15 is 0 Å². The minimum Gasteiger partial charge on any atom is -0.756 e. The van der Waals surface area contributed by atoms with Gasteiger partial charge in [0.05, 0.1) is 40.5 Å². The maximum absolute atomic E-state index is 12.5. The lowest BCUT2D eigenvalue weighted by molar-refractivity contribution is -0.253. The fourth-order valence-corrected chi connectivity index (χ4v) is 11.0. The number of aliphatic hydroxyl groups is 1. The van der Waals surface area contributed by atoms with Gasteiger partial charge in [0.2, 0.25) is 11.7 Å². The fourth-order valence-electron chi connectivity index (χ4n) is 5.63. The number of halogens is 2. The van der Waals surface area contributed by atoms with Crippen LogP contribution < -0.4 is 35.4 Å². The van der Waals surface area contributed by atoms with Gasteiger partial charge in [-0.25, -0.2) is 22.9 Å². The molecule has 2 aromatic heterocycles. The van der Waals surface area contributed by atoms with E-state index in [4.69, 9.17) is 33.7 Å². The van der Waals surface area contributed by atoms with E-state index in [0.717, 1.165) is 18.5 Å². The molecular weight excluding hydrogens is 851 g/mol. The normalized spacial score (nSPS) is 25.4. The Kier molecular flexibility index (Phi) is 10.7. The molecule has 1 aliphatic carbocycles. The van der Waals surface area contributed by atoms with Crippen molar-refractivity contribution < 1.29 is 74.5 Å². The van der Waals surface area contributed by atoms with Crippen molar-refractivity contribution >= 4 is 88.8 Å². The number of Topliss-reactive ketones (excluding diaryl/α,β-unsaturated/α-hetero) is 1. The number of anilines is 1. The van der Waals surface area contributed by atoms with Gasteiger partial charge in [0.15, 0.2) is 11.2 Å². The van der Waals surface area contributed by atoms with Crippen molar-refractivity contribution in [3.8, 4) is 5.75 Å². The van der Waals surface area contributed by atoms with Gasteiger partial charge in [-0.05, 0) is 29.8 Å². The van der Waals surface area contributed by atoms with Crippen LogP contribution in [0.2, 0.25) is 0 Å². The lowest BCUT2D eigenvalue weighted by atomic mass is 9.71. The molecular formula is C25H22Cl2N6O17P4-4. The van der Waals surface area contributed by atoms with Crippen molar-refractivity contribution in [2.45, 2.75) is 44.1 Å². The summed E-state index contributed by atoms with van der Waals surface area (Å²) in [5.74, 6) is -1.51. The largest absolute Gasteiger partial charge is 0.756 e. The van der Waals surface area contributed by atoms with E-state index in [2.05, 4.69) is 41.9 Å². The lowest BCUT2D eigenvalue weighted by Crippen LogP contribution is -2.32. The summed E-state index contributed by atoms with van der Waals surface area (Å²) in [6.07, 6.45) is -1.80. The number of aliphatic imine (C=N–C) groups is 1. The first-order valence-corrected chi connectivity index (χ1v) is 21.3. The zero-order valence-corrected chi connectivity index (χ0v) is 32.0. The van der Waals surface area contributed by atoms with Gasteiger partial charge in [-0.1, -0.05) is 37.0 Å². The van der Waals surface area contributed by atoms with Crippen molar-refractivity contribution in [2.75, 3.05) is 12.3 Å². The molecule has 4 heterocycles. The van der Waals surface area contributed by atoms with E-state index in [1.807, 2.05) is 0 Å². The molecule has 6 rings (SSSR count). The molecule has 0 bridgehead atoms. The van der Waals surface area contributed by atoms with Gasteiger partial charge in [0.1, 0.15) is 18.1 Å². The maximum Gasteiger partial charge on any atom is 0.326 e. The molecule has 0 amide bonds. The van der Waals surface area contributed by atoms with Crippen LogP contribution >= 0.6 is 54.5 Å². The molecule has 3 aliphatic rings. The summed E-state index contributed by atoms with van der Waals surface area (Å²) in [5, 5.41) is 9.94. The number of carbonyl (C=O) groups is 1. The van der Waals surface area contributed by atoms with Crippen LogP contribution in [-0.2, 0) is 50.7 Å². The van der Waals surface area contributed by atoms with Crippen LogP contribution in [-0.4, -0.2) is 54.9 Å². The second-order valence-corrected chi connectivity index (χ2v) is 18.7. The second-order valence-electron chi connectivity index (χ2n) is 11.9. The summed E-state index contributed by atoms with van der Waals surface area (Å²) in [6.45, 7) is 2.13. The number of phosphoric acid groups is 4. The van der Waals surface area contributed by atoms with Crippen molar-refractivity contribution in [2.24, 2.45) is 4.99 Å². The molecule has 292 valence electrons. The molecule has 0 spiro atoms. The number of fused-ring (bicyclic) bond motifs is 3. The number of hydrogen-bond donors (Lipinski definition) is 3. The number of ether oxygens (including phenoxy) is 1. The molecule has 1 fully saturated rings. The van der Waals surface area contributed by atoms with Gasteiger partial charge in [-0.15, -0.1) is 0 Å². The number of aromatic amines is 1. The number of imidazole rings is 1. The highest BCUT2D eigenvalue weighted by molar-refractivity contribution is 7.68. The Bertz CT molecular complexity index is 2450. The Balaban J connectivity index is 1.07. The summed E-state index contributed by atoms with van der Waals surface area (Å²) in [5.41, 5.74) is 4.60. The molecule has 23 nitrogen and oxygen atoms in total. The van der Waals surface area contributed by atoms with Gasteiger partial charge >= 0.3 is 7.82 Å². The number of aliphatic hydroxyl groups excluding tert-OH is 1. The number of carbonyl (C=O) groups excluding carboxylic acids is 1. The SMILES string of the molecule is CC1(C)C2=C(Cl)C(=O)C(Cl)=CC2=Nc2ccc(OP(=O)([O-])OP(=O)([O-])OP(=O)([O-])OP(=O)([O-])OC[C@H]3OC(n4cnc5c(=O)[nH]c(N)nc54)CC3O)cc21. The van der Waals surface area contributed by atoms with Crippen LogP contribution in [0, 0.1) is 0 Å². The second kappa shape index (κ2) is 14.2. The number of nitrogens with two attached hydrogens (primary N) is 1. The third-order valence-corrected chi connectivity index (χ3v) is 14.2. The van der Waals surface area contributed by atoms with Crippen LogP contribution in [0.25, 0.3) is 11.2 Å². The van der Waals surface area contributed by atoms with Crippen LogP contribution in [0.5, 0.6) is 5.75 Å². The standard InChI is InChI=1S/C25H26Cl2N6O17P4/c1-25(2)11-5-10(3-4-13(11)30-14-6-12(26)21(35)19(27)18(14)25)47-52(39,40)49-54(43,44)50-53(41,42)48-51(37,38)45-8-16-15(34)7-17(46-16)33-9-29-20-22(33)31-24(28)32-23(20)36/h3-6,9,15-17,34H,7-8H2,1-2H3,(H,37,38)(H,39,40)(H,41,42)(H,43,44)(H3,28,31,32,36)/p-4/t15?,16-,17?/m1/s1. The number of nitrogen functional groups attached to an aromatic ring is 1. The topological polar surface area (TPSA) is 355 Å². The predicted octanol–water partition coefficient (Wildman–Crippen LogP) is 0.931. The number of H-pyrrole nitrogens is 1. The number of phosphoric ester groups is 2. The summed E-state index contributed by atoms with van der Waals surface area (Å²) < 4.78 is 76.3. The monoisotopic (exact) mass is 872 g/mol. The van der Waals surface area contributed by atoms with Crippen molar-refractivity contribution in [3.63, 3.8) is 0 Å². The molecule has 0 radical (unpaired) electrons. The van der Waals surface area contributed by atoms with Crippen molar-refractivity contribution in [3.05, 3.63) is 62.2 Å². The van der Waals surface area contributed by atoms with Gasteiger partial charge in [-0.3, -0.25) is 37.4 Å². The zero-order chi connectivity index (χ0) is 39.8. The summed E-state index contributed by atoms with van der Waals surface area (Å²) >= 11 is 12.2. The van der Waals surface area contributed by atoms with Crippen LogP contribution in [0.3, 0.4) is 0 Å². The molecule has 29 heteroatoms.